The zero-order valence-corrected chi connectivity index (χ0v) is 8.47. The lowest BCUT2D eigenvalue weighted by Gasteiger charge is -2.30. The second-order valence-electron chi connectivity index (χ2n) is 4.48. The maximum atomic E-state index is 11.2. The lowest BCUT2D eigenvalue weighted by molar-refractivity contribution is -0.122. The van der Waals surface area contributed by atoms with Crippen LogP contribution in [-0.4, -0.2) is 5.78 Å². The molecule has 12 heavy (non-hydrogen) atoms. The number of rotatable bonds is 2. The summed E-state index contributed by atoms with van der Waals surface area (Å²) >= 11 is 0. The van der Waals surface area contributed by atoms with E-state index in [9.17, 15) is 4.79 Å². The van der Waals surface area contributed by atoms with Gasteiger partial charge in [0.1, 0.15) is 5.78 Å². The van der Waals surface area contributed by atoms with Crippen molar-refractivity contribution in [2.24, 2.45) is 17.8 Å². The second kappa shape index (κ2) is 4.06. The highest BCUT2D eigenvalue weighted by Gasteiger charge is 2.26. The van der Waals surface area contributed by atoms with Crippen LogP contribution < -0.4 is 0 Å². The van der Waals surface area contributed by atoms with Gasteiger partial charge < -0.3 is 0 Å². The summed E-state index contributed by atoms with van der Waals surface area (Å²) in [6.07, 6.45) is 4.88. The molecule has 1 saturated carbocycles. The van der Waals surface area contributed by atoms with Gasteiger partial charge in [0, 0.05) is 5.92 Å². The van der Waals surface area contributed by atoms with Gasteiger partial charge in [0.05, 0.1) is 0 Å². The molecule has 1 aliphatic rings. The van der Waals surface area contributed by atoms with Crippen molar-refractivity contribution in [3.63, 3.8) is 0 Å². The molecule has 0 saturated heterocycles. The Morgan fingerprint density at radius 1 is 1.33 bits per heavy atom. The molecule has 0 N–H and O–H groups in total. The van der Waals surface area contributed by atoms with E-state index in [1.54, 1.807) is 6.92 Å². The molecule has 1 aliphatic carbocycles. The van der Waals surface area contributed by atoms with E-state index in [2.05, 4.69) is 13.8 Å². The van der Waals surface area contributed by atoms with Crippen molar-refractivity contribution in [1.29, 1.82) is 0 Å². The summed E-state index contributed by atoms with van der Waals surface area (Å²) in [5.74, 6) is 2.34. The fraction of sp³-hybridized carbons (Fsp3) is 0.909. The molecule has 0 aromatic carbocycles. The first-order chi connectivity index (χ1) is 5.61. The first-order valence-corrected chi connectivity index (χ1v) is 5.11. The molecule has 0 amide bonds. The quantitative estimate of drug-likeness (QED) is 0.619. The van der Waals surface area contributed by atoms with Gasteiger partial charge >= 0.3 is 0 Å². The van der Waals surface area contributed by atoms with Crippen molar-refractivity contribution in [3.8, 4) is 0 Å². The van der Waals surface area contributed by atoms with Gasteiger partial charge in [0.15, 0.2) is 0 Å². The lowest BCUT2D eigenvalue weighted by atomic mass is 9.75. The van der Waals surface area contributed by atoms with Crippen LogP contribution in [0.5, 0.6) is 0 Å². The van der Waals surface area contributed by atoms with Crippen molar-refractivity contribution < 1.29 is 4.79 Å². The van der Waals surface area contributed by atoms with E-state index in [-0.39, 0.29) is 0 Å². The minimum Gasteiger partial charge on any atom is -0.300 e. The van der Waals surface area contributed by atoms with Gasteiger partial charge in [-0.25, -0.2) is 0 Å². The number of carbonyl (C=O) groups is 1. The highest BCUT2D eigenvalue weighted by atomic mass is 16.1. The van der Waals surface area contributed by atoms with Crippen molar-refractivity contribution in [2.75, 3.05) is 0 Å². The maximum absolute atomic E-state index is 11.2. The van der Waals surface area contributed by atoms with Crippen LogP contribution in [0, 0.1) is 17.8 Å². The third kappa shape index (κ3) is 2.33. The van der Waals surface area contributed by atoms with Gasteiger partial charge in [-0.3, -0.25) is 4.79 Å². The Balaban J connectivity index is 2.46. The molecule has 1 nitrogen and oxygen atoms in total. The zero-order chi connectivity index (χ0) is 9.14. The first kappa shape index (κ1) is 9.76. The van der Waals surface area contributed by atoms with Gasteiger partial charge in [0.25, 0.3) is 0 Å². The van der Waals surface area contributed by atoms with Crippen molar-refractivity contribution in [2.45, 2.75) is 46.5 Å². The van der Waals surface area contributed by atoms with Crippen LogP contribution in [-0.2, 0) is 4.79 Å². The maximum Gasteiger partial charge on any atom is 0.132 e. The second-order valence-corrected chi connectivity index (χ2v) is 4.48. The predicted octanol–water partition coefficient (Wildman–Crippen LogP) is 3.04. The van der Waals surface area contributed by atoms with Crippen LogP contribution in [0.4, 0.5) is 0 Å². The summed E-state index contributed by atoms with van der Waals surface area (Å²) in [7, 11) is 0. The van der Waals surface area contributed by atoms with Gasteiger partial charge in [-0.1, -0.05) is 26.7 Å². The molecule has 0 aromatic heterocycles. The molecule has 2 atom stereocenters. The van der Waals surface area contributed by atoms with E-state index in [0.717, 1.165) is 24.7 Å². The normalized spacial score (nSPS) is 30.7. The summed E-state index contributed by atoms with van der Waals surface area (Å²) in [6, 6.07) is 0. The van der Waals surface area contributed by atoms with Crippen LogP contribution in [0.1, 0.15) is 46.5 Å². The van der Waals surface area contributed by atoms with Crippen molar-refractivity contribution in [3.05, 3.63) is 0 Å². The minimum absolute atomic E-state index is 0.381. The number of Topliss-reactive ketones (excluding diaryl/α,β-unsaturated/α-hetero) is 1. The first-order valence-electron chi connectivity index (χ1n) is 5.11. The smallest absolute Gasteiger partial charge is 0.132 e. The molecule has 0 spiro atoms. The fourth-order valence-corrected chi connectivity index (χ4v) is 2.20. The molecule has 1 fully saturated rings. The monoisotopic (exact) mass is 168 g/mol. The SMILES string of the molecule is CC(=O)C1CCCC(C(C)C)C1. The van der Waals surface area contributed by atoms with Crippen LogP contribution in [0.2, 0.25) is 0 Å². The molecule has 1 heteroatoms. The van der Waals surface area contributed by atoms with Gasteiger partial charge in [-0.2, -0.15) is 0 Å². The topological polar surface area (TPSA) is 17.1 Å². The van der Waals surface area contributed by atoms with E-state index >= 15 is 0 Å². The van der Waals surface area contributed by atoms with Crippen molar-refractivity contribution >= 4 is 5.78 Å². The third-order valence-electron chi connectivity index (χ3n) is 3.23. The van der Waals surface area contributed by atoms with Crippen molar-refractivity contribution in [1.82, 2.24) is 0 Å². The number of ketones is 1. The number of hydrogen-bond donors (Lipinski definition) is 0. The molecule has 0 aromatic rings. The average molecular weight is 168 g/mol. The largest absolute Gasteiger partial charge is 0.300 e. The van der Waals surface area contributed by atoms with E-state index in [1.807, 2.05) is 0 Å². The van der Waals surface area contributed by atoms with E-state index in [4.69, 9.17) is 0 Å². The molecule has 70 valence electrons. The Kier molecular flexibility index (Phi) is 3.30. The lowest BCUT2D eigenvalue weighted by Crippen LogP contribution is -2.23. The van der Waals surface area contributed by atoms with Crippen LogP contribution >= 0.6 is 0 Å². The summed E-state index contributed by atoms with van der Waals surface area (Å²) < 4.78 is 0. The van der Waals surface area contributed by atoms with Gasteiger partial charge in [0.2, 0.25) is 0 Å². The van der Waals surface area contributed by atoms with Gasteiger partial charge in [-0.15, -0.1) is 0 Å². The average Bonchev–Trinajstić information content (AvgIpc) is 2.04. The summed E-state index contributed by atoms with van der Waals surface area (Å²) in [4.78, 5) is 11.2. The third-order valence-corrected chi connectivity index (χ3v) is 3.23. The van der Waals surface area contributed by atoms with Crippen LogP contribution in [0.25, 0.3) is 0 Å². The predicted molar refractivity (Wildman–Crippen MR) is 51.0 cm³/mol. The van der Waals surface area contributed by atoms with Gasteiger partial charge in [-0.05, 0) is 31.6 Å². The van der Waals surface area contributed by atoms with E-state index in [1.165, 1.54) is 12.8 Å². The standard InChI is InChI=1S/C11H20O/c1-8(2)10-5-4-6-11(7-10)9(3)12/h8,10-11H,4-7H2,1-3H3. The fourth-order valence-electron chi connectivity index (χ4n) is 2.20. The molecule has 1 rings (SSSR count). The Morgan fingerprint density at radius 2 is 2.00 bits per heavy atom. The molecule has 0 bridgehead atoms. The Morgan fingerprint density at radius 3 is 2.50 bits per heavy atom. The van der Waals surface area contributed by atoms with Crippen LogP contribution in [0.15, 0.2) is 0 Å². The summed E-state index contributed by atoms with van der Waals surface area (Å²) in [5.41, 5.74) is 0. The molecule has 0 radical (unpaired) electrons. The molecular formula is C11H20O. The summed E-state index contributed by atoms with van der Waals surface area (Å²) in [6.45, 7) is 6.29. The van der Waals surface area contributed by atoms with Crippen LogP contribution in [0.3, 0.4) is 0 Å². The highest BCUT2D eigenvalue weighted by Crippen LogP contribution is 2.33. The molecule has 2 unspecified atom stereocenters. The minimum atomic E-state index is 0.381. The highest BCUT2D eigenvalue weighted by molar-refractivity contribution is 5.78. The van der Waals surface area contributed by atoms with E-state index in [0.29, 0.717) is 11.7 Å². The summed E-state index contributed by atoms with van der Waals surface area (Å²) in [5, 5.41) is 0. The molecule has 0 heterocycles. The molecular weight excluding hydrogens is 148 g/mol. The number of carbonyl (C=O) groups excluding carboxylic acids is 1. The Hall–Kier alpha value is -0.330. The molecule has 0 aliphatic heterocycles. The van der Waals surface area contributed by atoms with E-state index < -0.39 is 0 Å². The zero-order valence-electron chi connectivity index (χ0n) is 8.47. The Bertz CT molecular complexity index is 160. The number of hydrogen-bond acceptors (Lipinski definition) is 1. The Labute approximate surface area is 75.5 Å².